The van der Waals surface area contributed by atoms with Crippen molar-refractivity contribution in [2.24, 2.45) is 11.8 Å². The third kappa shape index (κ3) is 4.18. The molecule has 0 rings (SSSR count). The molecule has 1 unspecified atom stereocenters. The molecule has 0 aliphatic rings. The minimum absolute atomic E-state index is 0.210. The van der Waals surface area contributed by atoms with Crippen molar-refractivity contribution >= 4 is 5.78 Å². The first kappa shape index (κ1) is 10.7. The average molecular weight is 156 g/mol. The van der Waals surface area contributed by atoms with E-state index in [0.29, 0.717) is 5.78 Å². The summed E-state index contributed by atoms with van der Waals surface area (Å²) in [6.45, 7) is 8.15. The molecule has 0 aromatic rings. The van der Waals surface area contributed by atoms with E-state index in [1.54, 1.807) is 0 Å². The number of carbonyl (C=O) groups is 1. The number of carbonyl (C=O) groups excluding carboxylic acids is 1. The third-order valence-electron chi connectivity index (χ3n) is 2.05. The van der Waals surface area contributed by atoms with Gasteiger partial charge in [-0.25, -0.2) is 0 Å². The van der Waals surface area contributed by atoms with E-state index in [4.69, 9.17) is 0 Å². The van der Waals surface area contributed by atoms with Gasteiger partial charge in [-0.15, -0.1) is 0 Å². The van der Waals surface area contributed by atoms with Crippen LogP contribution in [-0.4, -0.2) is 5.78 Å². The molecule has 0 aromatic carbocycles. The van der Waals surface area contributed by atoms with Crippen molar-refractivity contribution in [1.82, 2.24) is 0 Å². The minimum Gasteiger partial charge on any atom is -0.299 e. The van der Waals surface area contributed by atoms with Crippen molar-refractivity contribution in [1.29, 1.82) is 0 Å². The molecule has 1 heteroatoms. The van der Waals surface area contributed by atoms with Crippen molar-refractivity contribution in [2.45, 2.75) is 47.0 Å². The minimum atomic E-state index is 0.210. The smallest absolute Gasteiger partial charge is 0.138 e. The maximum atomic E-state index is 11.3. The zero-order valence-electron chi connectivity index (χ0n) is 8.18. The van der Waals surface area contributed by atoms with Gasteiger partial charge in [-0.3, -0.25) is 4.79 Å². The molecule has 0 saturated heterocycles. The summed E-state index contributed by atoms with van der Waals surface area (Å²) in [5, 5.41) is 0. The lowest BCUT2D eigenvalue weighted by molar-refractivity contribution is -0.125. The second-order valence-corrected chi connectivity index (χ2v) is 3.60. The summed E-state index contributed by atoms with van der Waals surface area (Å²) in [6, 6.07) is 0. The van der Waals surface area contributed by atoms with Gasteiger partial charge in [0.25, 0.3) is 0 Å². The maximum absolute atomic E-state index is 11.3. The SMILES string of the molecule is CCCCC(C)C(=O)C(C)C. The van der Waals surface area contributed by atoms with E-state index in [-0.39, 0.29) is 11.8 Å². The molecule has 66 valence electrons. The second kappa shape index (κ2) is 5.34. The van der Waals surface area contributed by atoms with Crippen LogP contribution in [0.3, 0.4) is 0 Å². The molecule has 0 aliphatic carbocycles. The molecule has 0 saturated carbocycles. The number of rotatable bonds is 5. The van der Waals surface area contributed by atoms with Crippen LogP contribution in [0.4, 0.5) is 0 Å². The predicted octanol–water partition coefficient (Wildman–Crippen LogP) is 3.04. The van der Waals surface area contributed by atoms with E-state index in [0.717, 1.165) is 6.42 Å². The Kier molecular flexibility index (Phi) is 5.18. The molecule has 0 radical (unpaired) electrons. The summed E-state index contributed by atoms with van der Waals surface area (Å²) in [5.74, 6) is 0.898. The van der Waals surface area contributed by atoms with E-state index >= 15 is 0 Å². The summed E-state index contributed by atoms with van der Waals surface area (Å²) >= 11 is 0. The van der Waals surface area contributed by atoms with Gasteiger partial charge in [0, 0.05) is 11.8 Å². The van der Waals surface area contributed by atoms with Crippen molar-refractivity contribution < 1.29 is 4.79 Å². The summed E-state index contributed by atoms with van der Waals surface area (Å²) in [7, 11) is 0. The largest absolute Gasteiger partial charge is 0.299 e. The molecule has 11 heavy (non-hydrogen) atoms. The van der Waals surface area contributed by atoms with Crippen LogP contribution in [0.15, 0.2) is 0 Å². The highest BCUT2D eigenvalue weighted by molar-refractivity contribution is 5.82. The zero-order valence-corrected chi connectivity index (χ0v) is 8.18. The molecule has 0 bridgehead atoms. The molecule has 0 aliphatic heterocycles. The Labute approximate surface area is 70.2 Å². The number of hydrogen-bond acceptors (Lipinski definition) is 1. The predicted molar refractivity (Wildman–Crippen MR) is 48.5 cm³/mol. The quantitative estimate of drug-likeness (QED) is 0.598. The van der Waals surface area contributed by atoms with Crippen molar-refractivity contribution in [2.75, 3.05) is 0 Å². The Hall–Kier alpha value is -0.330. The summed E-state index contributed by atoms with van der Waals surface area (Å²) in [6.07, 6.45) is 3.43. The average Bonchev–Trinajstić information content (AvgIpc) is 1.98. The lowest BCUT2D eigenvalue weighted by Crippen LogP contribution is -2.16. The van der Waals surface area contributed by atoms with Gasteiger partial charge in [0.05, 0.1) is 0 Å². The van der Waals surface area contributed by atoms with Gasteiger partial charge < -0.3 is 0 Å². The number of hydrogen-bond donors (Lipinski definition) is 0. The summed E-state index contributed by atoms with van der Waals surface area (Å²) < 4.78 is 0. The van der Waals surface area contributed by atoms with Crippen LogP contribution in [0.5, 0.6) is 0 Å². The van der Waals surface area contributed by atoms with Gasteiger partial charge in [-0.05, 0) is 6.42 Å². The number of unbranched alkanes of at least 4 members (excludes halogenated alkanes) is 1. The summed E-state index contributed by atoms with van der Waals surface area (Å²) in [5.41, 5.74) is 0. The van der Waals surface area contributed by atoms with Crippen LogP contribution in [0.25, 0.3) is 0 Å². The van der Waals surface area contributed by atoms with Gasteiger partial charge in [-0.2, -0.15) is 0 Å². The Balaban J connectivity index is 3.64. The highest BCUT2D eigenvalue weighted by Gasteiger charge is 2.14. The molecule has 0 fully saturated rings. The van der Waals surface area contributed by atoms with Gasteiger partial charge in [0.15, 0.2) is 0 Å². The molecule has 0 aromatic heterocycles. The van der Waals surface area contributed by atoms with Crippen LogP contribution in [0.1, 0.15) is 47.0 Å². The monoisotopic (exact) mass is 156 g/mol. The van der Waals surface area contributed by atoms with Crippen molar-refractivity contribution in [3.63, 3.8) is 0 Å². The fraction of sp³-hybridized carbons (Fsp3) is 0.900. The van der Waals surface area contributed by atoms with Crippen molar-refractivity contribution in [3.8, 4) is 0 Å². The molecular formula is C10H20O. The molecule has 0 heterocycles. The molecular weight excluding hydrogens is 136 g/mol. The number of ketones is 1. The van der Waals surface area contributed by atoms with Crippen LogP contribution in [0.2, 0.25) is 0 Å². The third-order valence-corrected chi connectivity index (χ3v) is 2.05. The molecule has 1 nitrogen and oxygen atoms in total. The van der Waals surface area contributed by atoms with E-state index in [1.165, 1.54) is 12.8 Å². The van der Waals surface area contributed by atoms with Gasteiger partial charge in [0.1, 0.15) is 5.78 Å². The Bertz CT molecular complexity index is 116. The second-order valence-electron chi connectivity index (χ2n) is 3.60. The fourth-order valence-electron chi connectivity index (χ4n) is 1.22. The van der Waals surface area contributed by atoms with E-state index in [2.05, 4.69) is 6.92 Å². The Morgan fingerprint density at radius 3 is 2.18 bits per heavy atom. The van der Waals surface area contributed by atoms with E-state index < -0.39 is 0 Å². The van der Waals surface area contributed by atoms with Crippen LogP contribution in [0, 0.1) is 11.8 Å². The molecule has 0 amide bonds. The van der Waals surface area contributed by atoms with Gasteiger partial charge in [0.2, 0.25) is 0 Å². The highest BCUT2D eigenvalue weighted by Crippen LogP contribution is 2.13. The normalized spacial score (nSPS) is 13.5. The van der Waals surface area contributed by atoms with Crippen LogP contribution >= 0.6 is 0 Å². The first-order chi connectivity index (χ1) is 5.09. The van der Waals surface area contributed by atoms with E-state index in [1.807, 2.05) is 20.8 Å². The maximum Gasteiger partial charge on any atom is 0.138 e. The van der Waals surface area contributed by atoms with Gasteiger partial charge >= 0.3 is 0 Å². The lowest BCUT2D eigenvalue weighted by Gasteiger charge is -2.11. The van der Waals surface area contributed by atoms with Gasteiger partial charge in [-0.1, -0.05) is 40.5 Å². The van der Waals surface area contributed by atoms with Crippen molar-refractivity contribution in [3.05, 3.63) is 0 Å². The highest BCUT2D eigenvalue weighted by atomic mass is 16.1. The first-order valence-corrected chi connectivity index (χ1v) is 4.63. The molecule has 0 spiro atoms. The molecule has 0 N–H and O–H groups in total. The standard InChI is InChI=1S/C10H20O/c1-5-6-7-9(4)10(11)8(2)3/h8-9H,5-7H2,1-4H3. The molecule has 1 atom stereocenters. The fourth-order valence-corrected chi connectivity index (χ4v) is 1.22. The first-order valence-electron chi connectivity index (χ1n) is 4.63. The Morgan fingerprint density at radius 2 is 1.82 bits per heavy atom. The van der Waals surface area contributed by atoms with Crippen LogP contribution in [-0.2, 0) is 4.79 Å². The van der Waals surface area contributed by atoms with Crippen LogP contribution < -0.4 is 0 Å². The lowest BCUT2D eigenvalue weighted by atomic mass is 9.93. The zero-order chi connectivity index (χ0) is 8.85. The topological polar surface area (TPSA) is 17.1 Å². The van der Waals surface area contributed by atoms with E-state index in [9.17, 15) is 4.79 Å². The summed E-state index contributed by atoms with van der Waals surface area (Å²) in [4.78, 5) is 11.3. The Morgan fingerprint density at radius 1 is 1.27 bits per heavy atom. The number of Topliss-reactive ketones (excluding diaryl/α,β-unsaturated/α-hetero) is 1.